The van der Waals surface area contributed by atoms with E-state index in [-0.39, 0.29) is 41.3 Å². The molecule has 5 N–H and O–H groups in total. The summed E-state index contributed by atoms with van der Waals surface area (Å²) in [6, 6.07) is 6.70. The van der Waals surface area contributed by atoms with Crippen LogP contribution in [0.15, 0.2) is 82.8 Å². The Kier molecular flexibility index (Phi) is 14.0. The van der Waals surface area contributed by atoms with E-state index < -0.39 is 59.8 Å². The molecule has 2 bridgehead atoms. The fourth-order valence-corrected chi connectivity index (χ4v) is 5.87. The maximum Gasteiger partial charge on any atom is 0.405 e. The van der Waals surface area contributed by atoms with Crippen LogP contribution in [-0.4, -0.2) is 73.2 Å². The number of nitrogens with two attached hydrogens (primary N) is 1. The summed E-state index contributed by atoms with van der Waals surface area (Å²) < 4.78 is 17.5. The predicted octanol–water partition coefficient (Wildman–Crippen LogP) is 3.80. The zero-order chi connectivity index (χ0) is 35.7. The number of Topliss-reactive ketones (excluding diaryl/α,β-unsaturated/α-hetero) is 1. The number of hydrogen-bond donors (Lipinski definition) is 4. The van der Waals surface area contributed by atoms with E-state index in [1.807, 2.05) is 6.92 Å². The minimum Gasteiger partial charge on any atom is -0.439 e. The number of fused-ring (bicyclic) bond motifs is 2. The molecular formula is C35H42IN3O9. The van der Waals surface area contributed by atoms with Gasteiger partial charge in [-0.15, -0.1) is 0 Å². The first-order valence-electron chi connectivity index (χ1n) is 15.3. The molecule has 48 heavy (non-hydrogen) atoms. The van der Waals surface area contributed by atoms with E-state index in [1.165, 1.54) is 33.3 Å². The molecule has 6 atom stereocenters. The van der Waals surface area contributed by atoms with Crippen molar-refractivity contribution in [3.63, 3.8) is 0 Å². The van der Waals surface area contributed by atoms with Gasteiger partial charge in [-0.3, -0.25) is 19.2 Å². The molecule has 13 heteroatoms. The van der Waals surface area contributed by atoms with Crippen molar-refractivity contribution in [2.75, 3.05) is 14.2 Å². The van der Waals surface area contributed by atoms with Crippen molar-refractivity contribution in [3.05, 3.63) is 91.9 Å². The summed E-state index contributed by atoms with van der Waals surface area (Å²) >= 11 is 2.11. The largest absolute Gasteiger partial charge is 0.439 e. The third kappa shape index (κ3) is 10.0. The Balaban J connectivity index is 2.09. The summed E-state index contributed by atoms with van der Waals surface area (Å²) in [5, 5.41) is 16.5. The molecule has 1 aliphatic carbocycles. The van der Waals surface area contributed by atoms with Gasteiger partial charge in [-0.1, -0.05) is 38.2 Å². The quantitative estimate of drug-likeness (QED) is 0.197. The molecule has 0 spiro atoms. The van der Waals surface area contributed by atoms with Gasteiger partial charge >= 0.3 is 6.09 Å². The van der Waals surface area contributed by atoms with Crippen LogP contribution in [0.5, 0.6) is 0 Å². The van der Waals surface area contributed by atoms with Gasteiger partial charge in [0.15, 0.2) is 6.10 Å². The second kappa shape index (κ2) is 17.5. The van der Waals surface area contributed by atoms with Crippen molar-refractivity contribution in [2.45, 2.75) is 65.0 Å². The summed E-state index contributed by atoms with van der Waals surface area (Å²) in [7, 11) is 2.87. The average molecular weight is 774 g/mol. The Hall–Kier alpha value is -3.92. The van der Waals surface area contributed by atoms with E-state index in [1.54, 1.807) is 50.3 Å². The lowest BCUT2D eigenvalue weighted by Crippen LogP contribution is -2.38. The topological polar surface area (TPSA) is 183 Å². The van der Waals surface area contributed by atoms with Gasteiger partial charge in [0.1, 0.15) is 6.10 Å². The minimum absolute atomic E-state index is 0.0196. The number of aliphatic hydroxyl groups excluding tert-OH is 1. The van der Waals surface area contributed by atoms with Crippen molar-refractivity contribution >= 4 is 52.1 Å². The molecule has 0 fully saturated rings. The number of carbonyl (C=O) groups is 5. The molecule has 0 aromatic heterocycles. The van der Waals surface area contributed by atoms with E-state index in [0.717, 1.165) is 9.65 Å². The number of allylic oxidation sites excluding steroid dienone is 4. The van der Waals surface area contributed by atoms with Crippen LogP contribution >= 0.6 is 22.6 Å². The Morgan fingerprint density at radius 1 is 1.06 bits per heavy atom. The first-order chi connectivity index (χ1) is 22.7. The summed E-state index contributed by atoms with van der Waals surface area (Å²) in [5.41, 5.74) is 6.00. The van der Waals surface area contributed by atoms with Crippen molar-refractivity contribution in [1.29, 1.82) is 0 Å². The highest BCUT2D eigenvalue weighted by molar-refractivity contribution is 14.1. The van der Waals surface area contributed by atoms with Crippen LogP contribution in [0.4, 0.5) is 4.79 Å². The van der Waals surface area contributed by atoms with Gasteiger partial charge < -0.3 is 35.7 Å². The predicted molar refractivity (Wildman–Crippen MR) is 186 cm³/mol. The lowest BCUT2D eigenvalue weighted by atomic mass is 9.85. The molecule has 0 unspecified atom stereocenters. The molecule has 1 aromatic rings. The number of benzene rings is 1. The Morgan fingerprint density at radius 2 is 1.73 bits per heavy atom. The summed E-state index contributed by atoms with van der Waals surface area (Å²) in [6.45, 7) is 6.83. The number of halogens is 1. The zero-order valence-electron chi connectivity index (χ0n) is 27.7. The Morgan fingerprint density at radius 3 is 2.33 bits per heavy atom. The fourth-order valence-electron chi connectivity index (χ4n) is 5.51. The molecule has 12 nitrogen and oxygen atoms in total. The van der Waals surface area contributed by atoms with Gasteiger partial charge in [-0.2, -0.15) is 0 Å². The van der Waals surface area contributed by atoms with Crippen LogP contribution in [0, 0.1) is 15.4 Å². The highest BCUT2D eigenvalue weighted by atomic mass is 125. The normalized spacial score (nSPS) is 29.1. The van der Waals surface area contributed by atoms with Crippen molar-refractivity contribution in [1.82, 2.24) is 10.6 Å². The van der Waals surface area contributed by atoms with Crippen molar-refractivity contribution in [2.24, 2.45) is 17.6 Å². The molecule has 2 aliphatic rings. The third-order valence-corrected chi connectivity index (χ3v) is 8.86. The molecule has 3 amide bonds. The van der Waals surface area contributed by atoms with Crippen molar-refractivity contribution in [3.8, 4) is 0 Å². The average Bonchev–Trinajstić information content (AvgIpc) is 3.04. The minimum atomic E-state index is -1.03. The summed E-state index contributed by atoms with van der Waals surface area (Å²) in [6.07, 6.45) is 3.04. The van der Waals surface area contributed by atoms with Crippen LogP contribution in [0.1, 0.15) is 50.9 Å². The number of amides is 3. The Bertz CT molecular complexity index is 1580. The van der Waals surface area contributed by atoms with Gasteiger partial charge in [-0.05, 0) is 85.0 Å². The van der Waals surface area contributed by atoms with E-state index in [9.17, 15) is 29.1 Å². The van der Waals surface area contributed by atoms with Gasteiger partial charge in [0, 0.05) is 46.5 Å². The van der Waals surface area contributed by atoms with E-state index >= 15 is 0 Å². The van der Waals surface area contributed by atoms with E-state index in [4.69, 9.17) is 19.9 Å². The highest BCUT2D eigenvalue weighted by Crippen LogP contribution is 2.29. The molecule has 1 heterocycles. The molecule has 1 aromatic carbocycles. The van der Waals surface area contributed by atoms with E-state index in [2.05, 4.69) is 33.2 Å². The number of ketones is 2. The van der Waals surface area contributed by atoms with Crippen LogP contribution in [0.3, 0.4) is 0 Å². The second-order valence-electron chi connectivity index (χ2n) is 11.9. The lowest BCUT2D eigenvalue weighted by molar-refractivity contribution is -0.120. The maximum absolute atomic E-state index is 13.9. The molecule has 1 aliphatic heterocycles. The molecule has 258 valence electrons. The molecule has 0 saturated carbocycles. The lowest BCUT2D eigenvalue weighted by Gasteiger charge is -2.30. The summed E-state index contributed by atoms with van der Waals surface area (Å²) in [4.78, 5) is 65.4. The van der Waals surface area contributed by atoms with Crippen molar-refractivity contribution < 1.29 is 43.3 Å². The number of ether oxygens (including phenoxy) is 3. The molecule has 0 radical (unpaired) electrons. The van der Waals surface area contributed by atoms with Crippen LogP contribution in [-0.2, 0) is 28.6 Å². The summed E-state index contributed by atoms with van der Waals surface area (Å²) in [5.74, 6) is -3.33. The molecular weight excluding hydrogens is 731 g/mol. The third-order valence-electron chi connectivity index (χ3n) is 8.14. The second-order valence-corrected chi connectivity index (χ2v) is 13.1. The van der Waals surface area contributed by atoms with E-state index in [0.29, 0.717) is 11.1 Å². The fraction of sp³-hybridized carbons (Fsp3) is 0.400. The van der Waals surface area contributed by atoms with Crippen LogP contribution in [0.25, 0.3) is 0 Å². The number of hydrogen-bond acceptors (Lipinski definition) is 9. The number of methoxy groups -OCH3 is 2. The monoisotopic (exact) mass is 773 g/mol. The van der Waals surface area contributed by atoms with Gasteiger partial charge in [0.05, 0.1) is 23.6 Å². The molecule has 3 rings (SSSR count). The first-order valence-corrected chi connectivity index (χ1v) is 16.4. The first kappa shape index (κ1) is 38.5. The number of primary amides is 1. The van der Waals surface area contributed by atoms with Crippen LogP contribution in [0.2, 0.25) is 0 Å². The number of rotatable bonds is 5. The number of carbonyl (C=O) groups excluding carboxylic acids is 5. The zero-order valence-corrected chi connectivity index (χ0v) is 29.9. The van der Waals surface area contributed by atoms with Gasteiger partial charge in [0.2, 0.25) is 11.6 Å². The maximum atomic E-state index is 13.9. The number of nitrogens with one attached hydrogen (secondary N) is 2. The molecule has 0 saturated heterocycles. The highest BCUT2D eigenvalue weighted by Gasteiger charge is 2.34. The SMILES string of the molecule is CO[C@H]1/C=C\C=C(/C)C(=O)NC2=CC(=O)C(NC(=O)c3ccc([125I])cc3)=C(C[C@@H](C)C[C@H](OC)[C@H](O)[C@@H](C)/C=C(\C)[C@@H]1OC(N)=O)C2=O. The number of aliphatic hydroxyl groups is 1. The van der Waals surface area contributed by atoms with Crippen LogP contribution < -0.4 is 16.4 Å². The standard InChI is InChI=1S/C35H42IN3O9/c1-18-14-24-29(39-34(44)22-10-12-23(36)13-11-22)26(40)17-25(31(24)42)38-33(43)19(2)8-7-9-27(46-5)32(48-35(37)45)21(4)16-20(3)30(41)28(15-18)47-6/h7-13,16-18,20,27-28,30,32,41H,14-15H2,1-6H3,(H2,37,45)(H,38,43)(H,39,44)/b9-7-,19-8+,21-16+/t18-,20+,27+,28+,30-,32+/m1/s1/i36-2. The smallest absolute Gasteiger partial charge is 0.405 e. The van der Waals surface area contributed by atoms with Gasteiger partial charge in [-0.25, -0.2) is 4.79 Å². The Labute approximate surface area is 293 Å². The van der Waals surface area contributed by atoms with Gasteiger partial charge in [0.25, 0.3) is 11.8 Å².